The standard InChI is InChI=1S/C16H24O3/c1-4-16(5-2,15(17)18)10-7-11-19-14-9-6-8-13(3)12-14/h6,8-9,12H,4-5,7,10-11H2,1-3H3,(H,17,18). The Morgan fingerprint density at radius 1 is 1.32 bits per heavy atom. The maximum atomic E-state index is 11.4. The van der Waals surface area contributed by atoms with E-state index in [4.69, 9.17) is 4.74 Å². The summed E-state index contributed by atoms with van der Waals surface area (Å²) in [5.74, 6) is 0.168. The molecule has 0 saturated carbocycles. The van der Waals surface area contributed by atoms with Gasteiger partial charge in [0.15, 0.2) is 0 Å². The lowest BCUT2D eigenvalue weighted by molar-refractivity contribution is -0.150. The number of hydrogen-bond acceptors (Lipinski definition) is 2. The Bertz CT molecular complexity index is 408. The van der Waals surface area contributed by atoms with Gasteiger partial charge in [-0.25, -0.2) is 0 Å². The molecule has 0 bridgehead atoms. The lowest BCUT2D eigenvalue weighted by Gasteiger charge is -2.26. The predicted molar refractivity (Wildman–Crippen MR) is 76.6 cm³/mol. The van der Waals surface area contributed by atoms with Gasteiger partial charge in [0.05, 0.1) is 12.0 Å². The van der Waals surface area contributed by atoms with Crippen molar-refractivity contribution in [3.63, 3.8) is 0 Å². The molecular formula is C16H24O3. The van der Waals surface area contributed by atoms with Crippen molar-refractivity contribution in [2.24, 2.45) is 5.41 Å². The third kappa shape index (κ3) is 4.27. The molecule has 19 heavy (non-hydrogen) atoms. The Kier molecular flexibility index (Phi) is 5.87. The Morgan fingerprint density at radius 2 is 2.00 bits per heavy atom. The topological polar surface area (TPSA) is 46.5 Å². The highest BCUT2D eigenvalue weighted by atomic mass is 16.5. The molecule has 1 rings (SSSR count). The molecule has 1 N–H and O–H groups in total. The fourth-order valence-electron chi connectivity index (χ4n) is 2.32. The van der Waals surface area contributed by atoms with Crippen LogP contribution in [-0.2, 0) is 4.79 Å². The van der Waals surface area contributed by atoms with Crippen LogP contribution in [0.4, 0.5) is 0 Å². The Morgan fingerprint density at radius 3 is 2.53 bits per heavy atom. The van der Waals surface area contributed by atoms with E-state index in [0.29, 0.717) is 25.9 Å². The highest BCUT2D eigenvalue weighted by molar-refractivity contribution is 5.74. The van der Waals surface area contributed by atoms with Gasteiger partial charge in [0.2, 0.25) is 0 Å². The van der Waals surface area contributed by atoms with Gasteiger partial charge in [0, 0.05) is 0 Å². The smallest absolute Gasteiger partial charge is 0.309 e. The lowest BCUT2D eigenvalue weighted by Crippen LogP contribution is -2.30. The second kappa shape index (κ2) is 7.17. The highest BCUT2D eigenvalue weighted by Gasteiger charge is 2.33. The molecule has 3 heteroatoms. The van der Waals surface area contributed by atoms with E-state index in [0.717, 1.165) is 12.2 Å². The van der Waals surface area contributed by atoms with E-state index in [1.807, 2.05) is 45.0 Å². The third-order valence-electron chi connectivity index (χ3n) is 3.87. The average molecular weight is 264 g/mol. The summed E-state index contributed by atoms with van der Waals surface area (Å²) in [5, 5.41) is 9.34. The van der Waals surface area contributed by atoms with Gasteiger partial charge < -0.3 is 9.84 Å². The fraction of sp³-hybridized carbons (Fsp3) is 0.562. The van der Waals surface area contributed by atoms with Crippen LogP contribution < -0.4 is 4.74 Å². The molecule has 0 heterocycles. The Labute approximate surface area is 115 Å². The molecule has 0 aliphatic carbocycles. The van der Waals surface area contributed by atoms with E-state index in [9.17, 15) is 9.90 Å². The fourth-order valence-corrected chi connectivity index (χ4v) is 2.32. The van der Waals surface area contributed by atoms with Crippen molar-refractivity contribution in [2.75, 3.05) is 6.61 Å². The maximum absolute atomic E-state index is 11.4. The summed E-state index contributed by atoms with van der Waals surface area (Å²) in [7, 11) is 0. The number of ether oxygens (including phenoxy) is 1. The molecule has 1 aromatic rings. The van der Waals surface area contributed by atoms with E-state index in [1.54, 1.807) is 0 Å². The number of carboxylic acid groups (broad SMARTS) is 1. The van der Waals surface area contributed by atoms with E-state index >= 15 is 0 Å². The summed E-state index contributed by atoms with van der Waals surface area (Å²) in [4.78, 5) is 11.4. The third-order valence-corrected chi connectivity index (χ3v) is 3.87. The number of benzene rings is 1. The first-order valence-electron chi connectivity index (χ1n) is 6.97. The molecule has 0 saturated heterocycles. The van der Waals surface area contributed by atoms with E-state index in [2.05, 4.69) is 0 Å². The number of aliphatic carboxylic acids is 1. The lowest BCUT2D eigenvalue weighted by atomic mass is 9.78. The van der Waals surface area contributed by atoms with Gasteiger partial charge in [-0.15, -0.1) is 0 Å². The minimum atomic E-state index is -0.687. The summed E-state index contributed by atoms with van der Waals surface area (Å²) < 4.78 is 5.66. The molecule has 0 unspecified atom stereocenters. The predicted octanol–water partition coefficient (Wildman–Crippen LogP) is 4.05. The molecule has 0 fully saturated rings. The van der Waals surface area contributed by atoms with Gasteiger partial charge in [-0.1, -0.05) is 26.0 Å². The first kappa shape index (κ1) is 15.5. The molecule has 0 atom stereocenters. The summed E-state index contributed by atoms with van der Waals surface area (Å²) in [6.07, 6.45) is 2.77. The van der Waals surface area contributed by atoms with Crippen LogP contribution in [0.5, 0.6) is 5.75 Å². The highest BCUT2D eigenvalue weighted by Crippen LogP contribution is 2.32. The zero-order chi connectivity index (χ0) is 14.3. The van der Waals surface area contributed by atoms with Gasteiger partial charge in [-0.2, -0.15) is 0 Å². The summed E-state index contributed by atoms with van der Waals surface area (Å²) >= 11 is 0. The Balaban J connectivity index is 2.43. The van der Waals surface area contributed by atoms with Crippen molar-refractivity contribution in [1.29, 1.82) is 0 Å². The average Bonchev–Trinajstić information content (AvgIpc) is 2.39. The van der Waals surface area contributed by atoms with Gasteiger partial charge in [0.25, 0.3) is 0 Å². The van der Waals surface area contributed by atoms with Crippen molar-refractivity contribution in [3.8, 4) is 5.75 Å². The number of carbonyl (C=O) groups is 1. The summed E-state index contributed by atoms with van der Waals surface area (Å²) in [6.45, 7) is 6.48. The van der Waals surface area contributed by atoms with E-state index in [-0.39, 0.29) is 0 Å². The van der Waals surface area contributed by atoms with Gasteiger partial charge in [-0.3, -0.25) is 4.79 Å². The van der Waals surface area contributed by atoms with Gasteiger partial charge >= 0.3 is 5.97 Å². The summed E-state index contributed by atoms with van der Waals surface area (Å²) in [5.41, 5.74) is 0.579. The quantitative estimate of drug-likeness (QED) is 0.721. The van der Waals surface area contributed by atoms with Crippen molar-refractivity contribution in [3.05, 3.63) is 29.8 Å². The Hall–Kier alpha value is -1.51. The van der Waals surface area contributed by atoms with E-state index in [1.165, 1.54) is 5.56 Å². The van der Waals surface area contributed by atoms with Crippen molar-refractivity contribution in [2.45, 2.75) is 46.5 Å². The van der Waals surface area contributed by atoms with Crippen LogP contribution in [0, 0.1) is 12.3 Å². The largest absolute Gasteiger partial charge is 0.494 e. The molecule has 1 aromatic carbocycles. The van der Waals surface area contributed by atoms with Crippen LogP contribution in [0.15, 0.2) is 24.3 Å². The number of hydrogen-bond donors (Lipinski definition) is 1. The maximum Gasteiger partial charge on any atom is 0.309 e. The van der Waals surface area contributed by atoms with Gasteiger partial charge in [0.1, 0.15) is 5.75 Å². The normalized spacial score (nSPS) is 11.3. The molecule has 0 aromatic heterocycles. The van der Waals surface area contributed by atoms with Crippen LogP contribution in [0.25, 0.3) is 0 Å². The van der Waals surface area contributed by atoms with Gasteiger partial charge in [-0.05, 0) is 50.3 Å². The molecule has 0 aliphatic heterocycles. The van der Waals surface area contributed by atoms with Crippen LogP contribution >= 0.6 is 0 Å². The SMILES string of the molecule is CCC(CC)(CCCOc1cccc(C)c1)C(=O)O. The molecule has 0 spiro atoms. The molecule has 106 valence electrons. The number of aryl methyl sites for hydroxylation is 1. The minimum Gasteiger partial charge on any atom is -0.494 e. The van der Waals surface area contributed by atoms with Crippen LogP contribution in [0.3, 0.4) is 0 Å². The van der Waals surface area contributed by atoms with E-state index < -0.39 is 11.4 Å². The molecule has 0 aliphatic rings. The zero-order valence-electron chi connectivity index (χ0n) is 12.1. The van der Waals surface area contributed by atoms with Crippen molar-refractivity contribution in [1.82, 2.24) is 0 Å². The second-order valence-electron chi connectivity index (χ2n) is 5.06. The molecule has 0 amide bonds. The van der Waals surface area contributed by atoms with Crippen LogP contribution in [0.1, 0.15) is 45.1 Å². The molecule has 3 nitrogen and oxygen atoms in total. The second-order valence-corrected chi connectivity index (χ2v) is 5.06. The van der Waals surface area contributed by atoms with Crippen molar-refractivity contribution < 1.29 is 14.6 Å². The monoisotopic (exact) mass is 264 g/mol. The number of carboxylic acids is 1. The zero-order valence-corrected chi connectivity index (χ0v) is 12.1. The van der Waals surface area contributed by atoms with Crippen LogP contribution in [-0.4, -0.2) is 17.7 Å². The minimum absolute atomic E-state index is 0.568. The summed E-state index contributed by atoms with van der Waals surface area (Å²) in [6, 6.07) is 7.90. The van der Waals surface area contributed by atoms with Crippen LogP contribution in [0.2, 0.25) is 0 Å². The first-order chi connectivity index (χ1) is 9.04. The number of rotatable bonds is 8. The van der Waals surface area contributed by atoms with Crippen molar-refractivity contribution >= 4 is 5.97 Å². The molecule has 0 radical (unpaired) electrons. The first-order valence-corrected chi connectivity index (χ1v) is 6.97. The molecular weight excluding hydrogens is 240 g/mol.